The topological polar surface area (TPSA) is 71.1 Å². The molecule has 1 atom stereocenters. The lowest BCUT2D eigenvalue weighted by Gasteiger charge is -2.23. The highest BCUT2D eigenvalue weighted by atomic mass is 32.1. The number of nitrogens with zero attached hydrogens (tertiary/aromatic N) is 3. The van der Waals surface area contributed by atoms with Crippen LogP contribution in [0.2, 0.25) is 0 Å². The molecule has 0 amide bonds. The first-order chi connectivity index (χ1) is 9.28. The predicted molar refractivity (Wildman–Crippen MR) is 72.8 cm³/mol. The van der Waals surface area contributed by atoms with Crippen molar-refractivity contribution in [3.8, 4) is 5.88 Å². The van der Waals surface area contributed by atoms with Crippen LogP contribution in [0.3, 0.4) is 0 Å². The minimum absolute atomic E-state index is 0.197. The highest BCUT2D eigenvalue weighted by Gasteiger charge is 2.29. The normalized spacial score (nSPS) is 18.8. The Morgan fingerprint density at radius 2 is 2.47 bits per heavy atom. The van der Waals surface area contributed by atoms with Gasteiger partial charge in [-0.1, -0.05) is 0 Å². The number of anilines is 1. The number of ether oxygens (including phenoxy) is 1. The highest BCUT2D eigenvalue weighted by Crippen LogP contribution is 2.35. The number of aromatic nitrogens is 3. The number of H-pyrrole nitrogens is 1. The van der Waals surface area contributed by atoms with Crippen molar-refractivity contribution in [3.63, 3.8) is 0 Å². The van der Waals surface area contributed by atoms with Crippen LogP contribution in [0.1, 0.15) is 23.8 Å². The van der Waals surface area contributed by atoms with Gasteiger partial charge < -0.3 is 9.64 Å². The van der Waals surface area contributed by atoms with Crippen LogP contribution in [0, 0.1) is 0 Å². The fourth-order valence-electron chi connectivity index (χ4n) is 2.37. The molecule has 3 heterocycles. The third-order valence-electron chi connectivity index (χ3n) is 3.22. The molecule has 1 unspecified atom stereocenters. The Labute approximate surface area is 114 Å². The third kappa shape index (κ3) is 2.33. The molecule has 0 aliphatic carbocycles. The molecule has 7 heteroatoms. The quantitative estimate of drug-likeness (QED) is 0.923. The van der Waals surface area contributed by atoms with Gasteiger partial charge in [0.05, 0.1) is 24.7 Å². The molecule has 0 saturated carbocycles. The zero-order valence-corrected chi connectivity index (χ0v) is 11.3. The molecule has 0 aromatic carbocycles. The Hall–Kier alpha value is -1.89. The molecule has 1 aliphatic heterocycles. The molecule has 3 rings (SSSR count). The van der Waals surface area contributed by atoms with Crippen molar-refractivity contribution in [2.24, 2.45) is 0 Å². The molecular formula is C12H14N4O2S. The van der Waals surface area contributed by atoms with Crippen molar-refractivity contribution in [1.29, 1.82) is 0 Å². The van der Waals surface area contributed by atoms with Gasteiger partial charge in [0.2, 0.25) is 11.8 Å². The summed E-state index contributed by atoms with van der Waals surface area (Å²) in [5, 5.41) is 0. The van der Waals surface area contributed by atoms with Gasteiger partial charge in [-0.15, -0.1) is 11.3 Å². The fraction of sp³-hybridized carbons (Fsp3) is 0.417. The zero-order valence-electron chi connectivity index (χ0n) is 10.5. The van der Waals surface area contributed by atoms with Crippen LogP contribution >= 0.6 is 11.3 Å². The van der Waals surface area contributed by atoms with Crippen molar-refractivity contribution in [2.45, 2.75) is 18.9 Å². The average Bonchev–Trinajstić information content (AvgIpc) is 3.08. The molecule has 6 nitrogen and oxygen atoms in total. The molecule has 2 aromatic rings. The van der Waals surface area contributed by atoms with E-state index in [-0.39, 0.29) is 11.6 Å². The van der Waals surface area contributed by atoms with E-state index in [0.29, 0.717) is 11.8 Å². The number of nitrogens with one attached hydrogen (secondary N) is 1. The second kappa shape index (κ2) is 5.00. The summed E-state index contributed by atoms with van der Waals surface area (Å²) < 4.78 is 5.05. The first kappa shape index (κ1) is 12.2. The monoisotopic (exact) mass is 278 g/mol. The Morgan fingerprint density at radius 1 is 1.58 bits per heavy atom. The summed E-state index contributed by atoms with van der Waals surface area (Å²) in [6, 6.07) is 1.59. The maximum absolute atomic E-state index is 11.6. The minimum atomic E-state index is -0.197. The maximum atomic E-state index is 11.6. The number of hydrogen-bond acceptors (Lipinski definition) is 6. The predicted octanol–water partition coefficient (Wildman–Crippen LogP) is 1.58. The first-order valence-electron chi connectivity index (χ1n) is 6.08. The van der Waals surface area contributed by atoms with E-state index in [1.54, 1.807) is 11.3 Å². The summed E-state index contributed by atoms with van der Waals surface area (Å²) in [7, 11) is 1.51. The van der Waals surface area contributed by atoms with Crippen LogP contribution in [-0.4, -0.2) is 28.6 Å². The molecular weight excluding hydrogens is 264 g/mol. The Kier molecular flexibility index (Phi) is 3.20. The Balaban J connectivity index is 1.96. The van der Waals surface area contributed by atoms with Gasteiger partial charge in [-0.3, -0.25) is 14.8 Å². The average molecular weight is 278 g/mol. The summed E-state index contributed by atoms with van der Waals surface area (Å²) >= 11 is 1.63. The third-order valence-corrected chi connectivity index (χ3v) is 4.10. The molecule has 1 saturated heterocycles. The lowest BCUT2D eigenvalue weighted by molar-refractivity contribution is 0.396. The molecule has 19 heavy (non-hydrogen) atoms. The molecule has 1 fully saturated rings. The van der Waals surface area contributed by atoms with E-state index in [1.807, 2.05) is 11.7 Å². The van der Waals surface area contributed by atoms with Gasteiger partial charge >= 0.3 is 0 Å². The van der Waals surface area contributed by atoms with Crippen LogP contribution < -0.4 is 15.2 Å². The molecule has 100 valence electrons. The Bertz CT molecular complexity index is 610. The second-order valence-corrected chi connectivity index (χ2v) is 5.28. The molecule has 0 radical (unpaired) electrons. The van der Waals surface area contributed by atoms with Crippen molar-refractivity contribution in [1.82, 2.24) is 15.0 Å². The number of thiazole rings is 1. The van der Waals surface area contributed by atoms with E-state index >= 15 is 0 Å². The van der Waals surface area contributed by atoms with Gasteiger partial charge in [0, 0.05) is 17.6 Å². The molecule has 0 spiro atoms. The Morgan fingerprint density at radius 3 is 3.21 bits per heavy atom. The molecule has 1 N–H and O–H groups in total. The SMILES string of the molecule is COc1cc(=O)[nH]c(N2CCCC2c2cncs2)n1. The van der Waals surface area contributed by atoms with Crippen LogP contribution in [-0.2, 0) is 0 Å². The van der Waals surface area contributed by atoms with Crippen LogP contribution in [0.25, 0.3) is 0 Å². The van der Waals surface area contributed by atoms with E-state index in [4.69, 9.17) is 4.74 Å². The summed E-state index contributed by atoms with van der Waals surface area (Å²) in [6.45, 7) is 0.874. The smallest absolute Gasteiger partial charge is 0.256 e. The first-order valence-corrected chi connectivity index (χ1v) is 6.96. The summed E-state index contributed by atoms with van der Waals surface area (Å²) in [5.74, 6) is 0.911. The summed E-state index contributed by atoms with van der Waals surface area (Å²) in [6.07, 6.45) is 4.00. The van der Waals surface area contributed by atoms with Crippen molar-refractivity contribution in [2.75, 3.05) is 18.6 Å². The lowest BCUT2D eigenvalue weighted by Crippen LogP contribution is -2.26. The van der Waals surface area contributed by atoms with Crippen LogP contribution in [0.15, 0.2) is 22.6 Å². The largest absolute Gasteiger partial charge is 0.481 e. The number of hydrogen-bond donors (Lipinski definition) is 1. The standard InChI is InChI=1S/C12H14N4O2S/c1-18-11-5-10(17)14-12(15-11)16-4-2-3-8(16)9-6-13-7-19-9/h5-8H,2-4H2,1H3,(H,14,15,17). The minimum Gasteiger partial charge on any atom is -0.481 e. The van der Waals surface area contributed by atoms with E-state index in [2.05, 4.69) is 19.9 Å². The highest BCUT2D eigenvalue weighted by molar-refractivity contribution is 7.09. The second-order valence-electron chi connectivity index (χ2n) is 4.37. The molecule has 0 bridgehead atoms. The van der Waals surface area contributed by atoms with Crippen LogP contribution in [0.4, 0.5) is 5.95 Å². The number of methoxy groups -OCH3 is 1. The van der Waals surface area contributed by atoms with E-state index < -0.39 is 0 Å². The molecule has 2 aromatic heterocycles. The number of rotatable bonds is 3. The maximum Gasteiger partial charge on any atom is 0.256 e. The van der Waals surface area contributed by atoms with Gasteiger partial charge in [0.15, 0.2) is 0 Å². The van der Waals surface area contributed by atoms with Crippen molar-refractivity contribution in [3.05, 3.63) is 33.0 Å². The van der Waals surface area contributed by atoms with Gasteiger partial charge in [-0.2, -0.15) is 4.98 Å². The fourth-order valence-corrected chi connectivity index (χ4v) is 3.14. The van der Waals surface area contributed by atoms with E-state index in [0.717, 1.165) is 19.4 Å². The molecule has 1 aliphatic rings. The van der Waals surface area contributed by atoms with Gasteiger partial charge in [-0.25, -0.2) is 0 Å². The van der Waals surface area contributed by atoms with Crippen molar-refractivity contribution >= 4 is 17.3 Å². The van der Waals surface area contributed by atoms with Gasteiger partial charge in [0.1, 0.15) is 0 Å². The van der Waals surface area contributed by atoms with Gasteiger partial charge in [-0.05, 0) is 12.8 Å². The summed E-state index contributed by atoms with van der Waals surface area (Å²) in [4.78, 5) is 26.1. The van der Waals surface area contributed by atoms with E-state index in [9.17, 15) is 4.79 Å². The van der Waals surface area contributed by atoms with E-state index in [1.165, 1.54) is 18.1 Å². The van der Waals surface area contributed by atoms with Crippen LogP contribution in [0.5, 0.6) is 5.88 Å². The summed E-state index contributed by atoms with van der Waals surface area (Å²) in [5.41, 5.74) is 1.63. The van der Waals surface area contributed by atoms with Crippen molar-refractivity contribution < 1.29 is 4.74 Å². The zero-order chi connectivity index (χ0) is 13.2. The van der Waals surface area contributed by atoms with Gasteiger partial charge in [0.25, 0.3) is 5.56 Å². The number of aromatic amines is 1. The lowest BCUT2D eigenvalue weighted by atomic mass is 10.2.